The maximum absolute atomic E-state index is 12.3. The second kappa shape index (κ2) is 5.76. The third kappa shape index (κ3) is 3.74. The molecule has 1 heterocycles. The molecule has 21 heavy (non-hydrogen) atoms. The van der Waals surface area contributed by atoms with Gasteiger partial charge in [0, 0.05) is 6.54 Å². The molecule has 0 radical (unpaired) electrons. The summed E-state index contributed by atoms with van der Waals surface area (Å²) in [5.74, 6) is -1.43. The fourth-order valence-corrected chi connectivity index (χ4v) is 2.53. The molecule has 0 unspecified atom stereocenters. The molecule has 1 N–H and O–H groups in total. The molecule has 2 atom stereocenters. The first kappa shape index (κ1) is 15.4. The number of amides is 1. The van der Waals surface area contributed by atoms with E-state index in [1.165, 1.54) is 4.90 Å². The molecule has 1 amide bonds. The van der Waals surface area contributed by atoms with Crippen LogP contribution in [0.4, 0.5) is 4.79 Å². The van der Waals surface area contributed by atoms with Crippen molar-refractivity contribution in [2.75, 3.05) is 6.54 Å². The molecule has 1 saturated heterocycles. The number of hydrogen-bond donors (Lipinski definition) is 1. The van der Waals surface area contributed by atoms with Crippen LogP contribution in [0.1, 0.15) is 38.8 Å². The van der Waals surface area contributed by atoms with Crippen LogP contribution in [0.25, 0.3) is 0 Å². The minimum atomic E-state index is -0.873. The van der Waals surface area contributed by atoms with Crippen LogP contribution in [0.15, 0.2) is 30.3 Å². The number of carbonyl (C=O) groups excluding carboxylic acids is 1. The summed E-state index contributed by atoms with van der Waals surface area (Å²) < 4.78 is 5.40. The lowest BCUT2D eigenvalue weighted by Crippen LogP contribution is -2.37. The highest BCUT2D eigenvalue weighted by Gasteiger charge is 2.41. The normalized spacial score (nSPS) is 22.1. The van der Waals surface area contributed by atoms with Crippen LogP contribution in [0.3, 0.4) is 0 Å². The van der Waals surface area contributed by atoms with Gasteiger partial charge in [-0.25, -0.2) is 4.79 Å². The Morgan fingerprint density at radius 3 is 2.38 bits per heavy atom. The number of ether oxygens (including phenoxy) is 1. The molecule has 2 rings (SSSR count). The molecule has 5 heteroatoms. The van der Waals surface area contributed by atoms with E-state index in [0.717, 1.165) is 5.56 Å². The van der Waals surface area contributed by atoms with E-state index in [0.29, 0.717) is 6.42 Å². The number of hydrogen-bond acceptors (Lipinski definition) is 3. The molecule has 1 aromatic carbocycles. The standard InChI is InChI=1S/C16H21NO4/c1-16(2,3)21-15(20)17-10-12(14(18)19)9-13(17)11-7-5-4-6-8-11/h4-8,12-13H,9-10H2,1-3H3,(H,18,19)/t12-,13-/m1/s1. The summed E-state index contributed by atoms with van der Waals surface area (Å²) in [6.07, 6.45) is -0.0430. The number of carbonyl (C=O) groups is 2. The SMILES string of the molecule is CC(C)(C)OC(=O)N1C[C@H](C(=O)O)C[C@@H]1c1ccccc1. The highest BCUT2D eigenvalue weighted by Crippen LogP contribution is 2.36. The van der Waals surface area contributed by atoms with Gasteiger partial charge < -0.3 is 14.7 Å². The Kier molecular flexibility index (Phi) is 4.21. The number of benzene rings is 1. The van der Waals surface area contributed by atoms with Gasteiger partial charge in [-0.3, -0.25) is 4.79 Å². The van der Waals surface area contributed by atoms with Crippen LogP contribution in [0.5, 0.6) is 0 Å². The van der Waals surface area contributed by atoms with E-state index in [1.807, 2.05) is 30.3 Å². The largest absolute Gasteiger partial charge is 0.481 e. The Morgan fingerprint density at radius 2 is 1.86 bits per heavy atom. The maximum atomic E-state index is 12.3. The quantitative estimate of drug-likeness (QED) is 0.909. The van der Waals surface area contributed by atoms with Crippen molar-refractivity contribution >= 4 is 12.1 Å². The maximum Gasteiger partial charge on any atom is 0.410 e. The predicted molar refractivity (Wildman–Crippen MR) is 77.9 cm³/mol. The van der Waals surface area contributed by atoms with Gasteiger partial charge in [-0.2, -0.15) is 0 Å². The smallest absolute Gasteiger partial charge is 0.410 e. The van der Waals surface area contributed by atoms with Crippen molar-refractivity contribution in [3.8, 4) is 0 Å². The summed E-state index contributed by atoms with van der Waals surface area (Å²) in [5.41, 5.74) is 0.340. The average Bonchev–Trinajstić information content (AvgIpc) is 2.83. The molecule has 0 bridgehead atoms. The van der Waals surface area contributed by atoms with Gasteiger partial charge in [-0.05, 0) is 32.8 Å². The Morgan fingerprint density at radius 1 is 1.24 bits per heavy atom. The molecular weight excluding hydrogens is 270 g/mol. The Bertz CT molecular complexity index is 521. The highest BCUT2D eigenvalue weighted by molar-refractivity contribution is 5.75. The lowest BCUT2D eigenvalue weighted by molar-refractivity contribution is -0.141. The molecule has 5 nitrogen and oxygen atoms in total. The van der Waals surface area contributed by atoms with Crippen LogP contribution < -0.4 is 0 Å². The first-order valence-corrected chi connectivity index (χ1v) is 7.05. The van der Waals surface area contributed by atoms with Gasteiger partial charge in [0.25, 0.3) is 0 Å². The topological polar surface area (TPSA) is 66.8 Å². The molecule has 1 fully saturated rings. The van der Waals surface area contributed by atoms with Crippen molar-refractivity contribution in [1.29, 1.82) is 0 Å². The summed E-state index contributed by atoms with van der Waals surface area (Å²) in [6, 6.07) is 9.24. The van der Waals surface area contributed by atoms with Crippen molar-refractivity contribution < 1.29 is 19.4 Å². The van der Waals surface area contributed by atoms with Gasteiger partial charge in [0.2, 0.25) is 0 Å². The van der Waals surface area contributed by atoms with Crippen LogP contribution in [-0.4, -0.2) is 34.2 Å². The van der Waals surface area contributed by atoms with Crippen LogP contribution in [-0.2, 0) is 9.53 Å². The molecule has 0 spiro atoms. The van der Waals surface area contributed by atoms with Crippen LogP contribution in [0, 0.1) is 5.92 Å². The van der Waals surface area contributed by atoms with E-state index in [-0.39, 0.29) is 12.6 Å². The van der Waals surface area contributed by atoms with E-state index in [2.05, 4.69) is 0 Å². The number of nitrogens with zero attached hydrogens (tertiary/aromatic N) is 1. The number of carboxylic acids is 1. The fraction of sp³-hybridized carbons (Fsp3) is 0.500. The number of likely N-dealkylation sites (tertiary alicyclic amines) is 1. The van der Waals surface area contributed by atoms with Crippen molar-refractivity contribution in [1.82, 2.24) is 4.90 Å². The molecular formula is C16H21NO4. The first-order valence-electron chi connectivity index (χ1n) is 7.05. The first-order chi connectivity index (χ1) is 9.78. The molecule has 0 aromatic heterocycles. The number of aliphatic carboxylic acids is 1. The summed E-state index contributed by atoms with van der Waals surface area (Å²) in [4.78, 5) is 25.1. The van der Waals surface area contributed by atoms with Crippen LogP contribution >= 0.6 is 0 Å². The summed E-state index contributed by atoms with van der Waals surface area (Å²) in [7, 11) is 0. The molecule has 0 saturated carbocycles. The molecule has 1 aliphatic rings. The minimum absolute atomic E-state index is 0.184. The van der Waals surface area contributed by atoms with Gasteiger partial charge in [-0.15, -0.1) is 0 Å². The van der Waals surface area contributed by atoms with E-state index < -0.39 is 23.6 Å². The number of carboxylic acid groups (broad SMARTS) is 1. The molecule has 0 aliphatic carbocycles. The third-order valence-electron chi connectivity index (χ3n) is 3.46. The molecule has 1 aliphatic heterocycles. The van der Waals surface area contributed by atoms with E-state index in [9.17, 15) is 14.7 Å². The van der Waals surface area contributed by atoms with Gasteiger partial charge >= 0.3 is 12.1 Å². The third-order valence-corrected chi connectivity index (χ3v) is 3.46. The summed E-state index contributed by atoms with van der Waals surface area (Å²) in [5, 5.41) is 9.23. The van der Waals surface area contributed by atoms with E-state index >= 15 is 0 Å². The Labute approximate surface area is 124 Å². The lowest BCUT2D eigenvalue weighted by atomic mass is 10.00. The number of rotatable bonds is 2. The van der Waals surface area contributed by atoms with E-state index in [4.69, 9.17) is 4.74 Å². The summed E-state index contributed by atoms with van der Waals surface area (Å²) >= 11 is 0. The Balaban J connectivity index is 2.23. The van der Waals surface area contributed by atoms with E-state index in [1.54, 1.807) is 20.8 Å². The second-order valence-corrected chi connectivity index (χ2v) is 6.33. The predicted octanol–water partition coefficient (Wildman–Crippen LogP) is 3.07. The van der Waals surface area contributed by atoms with Crippen molar-refractivity contribution in [2.24, 2.45) is 5.92 Å². The zero-order valence-electron chi connectivity index (χ0n) is 12.6. The average molecular weight is 291 g/mol. The van der Waals surface area contributed by atoms with Crippen LogP contribution in [0.2, 0.25) is 0 Å². The molecule has 114 valence electrons. The Hall–Kier alpha value is -2.04. The van der Waals surface area contributed by atoms with Gasteiger partial charge in [0.1, 0.15) is 5.60 Å². The summed E-state index contributed by atoms with van der Waals surface area (Å²) in [6.45, 7) is 5.58. The monoisotopic (exact) mass is 291 g/mol. The second-order valence-electron chi connectivity index (χ2n) is 6.33. The van der Waals surface area contributed by atoms with Gasteiger partial charge in [0.15, 0.2) is 0 Å². The molecule has 1 aromatic rings. The lowest BCUT2D eigenvalue weighted by Gasteiger charge is -2.28. The zero-order valence-corrected chi connectivity index (χ0v) is 12.6. The van der Waals surface area contributed by atoms with Crippen molar-refractivity contribution in [3.63, 3.8) is 0 Å². The minimum Gasteiger partial charge on any atom is -0.481 e. The fourth-order valence-electron chi connectivity index (χ4n) is 2.53. The van der Waals surface area contributed by atoms with Crippen molar-refractivity contribution in [3.05, 3.63) is 35.9 Å². The van der Waals surface area contributed by atoms with Gasteiger partial charge in [0.05, 0.1) is 12.0 Å². The highest BCUT2D eigenvalue weighted by atomic mass is 16.6. The van der Waals surface area contributed by atoms with Crippen molar-refractivity contribution in [2.45, 2.75) is 38.8 Å². The zero-order chi connectivity index (χ0) is 15.6. The van der Waals surface area contributed by atoms with Gasteiger partial charge in [-0.1, -0.05) is 30.3 Å².